The van der Waals surface area contributed by atoms with Gasteiger partial charge >= 0.3 is 6.18 Å². The first-order valence-corrected chi connectivity index (χ1v) is 9.26. The molecule has 2 heterocycles. The number of hydrogen-bond donors (Lipinski definition) is 0. The highest BCUT2D eigenvalue weighted by Crippen LogP contribution is 2.32. The number of alkyl halides is 3. The smallest absolute Gasteiger partial charge is 0.339 e. The van der Waals surface area contributed by atoms with Gasteiger partial charge in [0.25, 0.3) is 0 Å². The van der Waals surface area contributed by atoms with E-state index >= 15 is 0 Å². The Morgan fingerprint density at radius 3 is 2.68 bits per heavy atom. The van der Waals surface area contributed by atoms with E-state index in [-0.39, 0.29) is 11.7 Å². The topological polar surface area (TPSA) is 42.2 Å². The van der Waals surface area contributed by atoms with Crippen LogP contribution >= 0.6 is 0 Å². The second kappa shape index (κ2) is 7.75. The van der Waals surface area contributed by atoms with Crippen LogP contribution in [0.3, 0.4) is 0 Å². The molecule has 0 bridgehead atoms. The van der Waals surface area contributed by atoms with E-state index in [9.17, 15) is 13.2 Å². The maximum absolute atomic E-state index is 12.9. The van der Waals surface area contributed by atoms with Crippen LogP contribution in [-0.2, 0) is 12.6 Å². The third kappa shape index (κ3) is 4.25. The molecule has 0 aliphatic carbocycles. The van der Waals surface area contributed by atoms with E-state index in [0.717, 1.165) is 44.6 Å². The van der Waals surface area contributed by atoms with Crippen molar-refractivity contribution in [2.75, 3.05) is 19.6 Å². The molecule has 0 amide bonds. The van der Waals surface area contributed by atoms with Crippen LogP contribution in [0, 0.1) is 0 Å². The molecular formula is C21H20F3N3O. The van der Waals surface area contributed by atoms with Crippen molar-refractivity contribution < 1.29 is 17.7 Å². The molecule has 28 heavy (non-hydrogen) atoms. The van der Waals surface area contributed by atoms with E-state index in [2.05, 4.69) is 27.2 Å². The number of rotatable bonds is 5. The van der Waals surface area contributed by atoms with Crippen molar-refractivity contribution in [2.45, 2.75) is 24.9 Å². The summed E-state index contributed by atoms with van der Waals surface area (Å²) in [5.74, 6) is 0.807. The molecule has 1 fully saturated rings. The Kier molecular flexibility index (Phi) is 5.17. The lowest BCUT2D eigenvalue weighted by molar-refractivity contribution is -0.137. The Hall–Kier alpha value is -2.67. The highest BCUT2D eigenvalue weighted by molar-refractivity contribution is 5.55. The van der Waals surface area contributed by atoms with Gasteiger partial charge in [-0.25, -0.2) is 0 Å². The molecule has 3 aromatic rings. The third-order valence-electron chi connectivity index (χ3n) is 5.07. The van der Waals surface area contributed by atoms with E-state index in [0.29, 0.717) is 11.5 Å². The molecule has 7 heteroatoms. The van der Waals surface area contributed by atoms with Gasteiger partial charge in [-0.05, 0) is 37.1 Å². The fourth-order valence-corrected chi connectivity index (χ4v) is 3.52. The van der Waals surface area contributed by atoms with Crippen LogP contribution in [0.15, 0.2) is 59.1 Å². The molecular weight excluding hydrogens is 367 g/mol. The summed E-state index contributed by atoms with van der Waals surface area (Å²) in [5.41, 5.74) is 0.892. The lowest BCUT2D eigenvalue weighted by atomic mass is 10.1. The number of hydrogen-bond acceptors (Lipinski definition) is 4. The van der Waals surface area contributed by atoms with E-state index in [1.54, 1.807) is 6.07 Å². The molecule has 4 rings (SSSR count). The van der Waals surface area contributed by atoms with Crippen LogP contribution in [0.1, 0.15) is 29.4 Å². The lowest BCUT2D eigenvalue weighted by Gasteiger charge is -2.14. The van der Waals surface area contributed by atoms with Crippen LogP contribution < -0.4 is 0 Å². The summed E-state index contributed by atoms with van der Waals surface area (Å²) in [4.78, 5) is 6.72. The molecule has 146 valence electrons. The minimum atomic E-state index is -4.40. The van der Waals surface area contributed by atoms with Crippen molar-refractivity contribution in [1.29, 1.82) is 0 Å². The van der Waals surface area contributed by atoms with Crippen LogP contribution in [0.4, 0.5) is 13.2 Å². The van der Waals surface area contributed by atoms with Crippen LogP contribution in [-0.4, -0.2) is 34.7 Å². The molecule has 1 saturated heterocycles. The lowest BCUT2D eigenvalue weighted by Crippen LogP contribution is -2.23. The monoisotopic (exact) mass is 387 g/mol. The number of nitrogens with zero attached hydrogens (tertiary/aromatic N) is 3. The number of benzene rings is 2. The van der Waals surface area contributed by atoms with Gasteiger partial charge in [0.2, 0.25) is 11.7 Å². The third-order valence-corrected chi connectivity index (χ3v) is 5.07. The van der Waals surface area contributed by atoms with E-state index in [4.69, 9.17) is 4.52 Å². The molecule has 4 nitrogen and oxygen atoms in total. The fourth-order valence-electron chi connectivity index (χ4n) is 3.52. The van der Waals surface area contributed by atoms with Gasteiger partial charge < -0.3 is 9.42 Å². The summed E-state index contributed by atoms with van der Waals surface area (Å²) in [7, 11) is 0. The van der Waals surface area contributed by atoms with E-state index < -0.39 is 11.7 Å². The highest BCUT2D eigenvalue weighted by Gasteiger charge is 2.31. The standard InChI is InChI=1S/C21H20F3N3O/c22-21(23,24)18-8-4-7-16(13-18)19-25-20(28-26-19)17-10-12-27(14-17)11-9-15-5-2-1-3-6-15/h1-8,13,17H,9-12,14H2/t17-/m1/s1. The maximum atomic E-state index is 12.9. The molecule has 0 spiro atoms. The van der Waals surface area contributed by atoms with Gasteiger partial charge in [-0.3, -0.25) is 0 Å². The Bertz CT molecular complexity index is 924. The van der Waals surface area contributed by atoms with Gasteiger partial charge in [0.15, 0.2) is 0 Å². The Balaban J connectivity index is 1.40. The summed E-state index contributed by atoms with van der Waals surface area (Å²) < 4.78 is 44.1. The summed E-state index contributed by atoms with van der Waals surface area (Å²) in [6.45, 7) is 2.71. The van der Waals surface area contributed by atoms with Crippen LogP contribution in [0.5, 0.6) is 0 Å². The SMILES string of the molecule is FC(F)(F)c1cccc(-c2noc([C@@H]3CCN(CCc4ccccc4)C3)n2)c1. The number of aromatic nitrogens is 2. The normalized spacial score (nSPS) is 17.9. The second-order valence-electron chi connectivity index (χ2n) is 7.06. The molecule has 0 radical (unpaired) electrons. The van der Waals surface area contributed by atoms with Gasteiger partial charge in [0, 0.05) is 18.7 Å². The van der Waals surface area contributed by atoms with Gasteiger partial charge in [-0.1, -0.05) is 47.6 Å². The first kappa shape index (κ1) is 18.7. The predicted octanol–water partition coefficient (Wildman–Crippen LogP) is 4.79. The summed E-state index contributed by atoms with van der Waals surface area (Å²) in [6, 6.07) is 15.3. The van der Waals surface area contributed by atoms with E-state index in [1.807, 2.05) is 18.2 Å². The Morgan fingerprint density at radius 1 is 1.07 bits per heavy atom. The Morgan fingerprint density at radius 2 is 1.89 bits per heavy atom. The molecule has 0 unspecified atom stereocenters. The Labute approximate surface area is 161 Å². The average Bonchev–Trinajstić information content (AvgIpc) is 3.36. The van der Waals surface area contributed by atoms with Crippen molar-refractivity contribution in [3.8, 4) is 11.4 Å². The van der Waals surface area contributed by atoms with E-state index in [1.165, 1.54) is 11.6 Å². The summed E-state index contributed by atoms with van der Waals surface area (Å²) >= 11 is 0. The van der Waals surface area contributed by atoms with Gasteiger partial charge in [0.1, 0.15) is 0 Å². The number of likely N-dealkylation sites (tertiary alicyclic amines) is 1. The van der Waals surface area contributed by atoms with Crippen LogP contribution in [0.25, 0.3) is 11.4 Å². The van der Waals surface area contributed by atoms with Crippen molar-refractivity contribution in [1.82, 2.24) is 15.0 Å². The zero-order chi connectivity index (χ0) is 19.6. The minimum absolute atomic E-state index is 0.114. The largest absolute Gasteiger partial charge is 0.416 e. The molecule has 2 aromatic carbocycles. The van der Waals surface area contributed by atoms with Gasteiger partial charge in [0.05, 0.1) is 11.5 Å². The molecule has 0 saturated carbocycles. The zero-order valence-corrected chi connectivity index (χ0v) is 15.2. The molecule has 1 aromatic heterocycles. The quantitative estimate of drug-likeness (QED) is 0.631. The average molecular weight is 387 g/mol. The van der Waals surface area contributed by atoms with Crippen molar-refractivity contribution >= 4 is 0 Å². The first-order valence-electron chi connectivity index (χ1n) is 9.26. The maximum Gasteiger partial charge on any atom is 0.416 e. The fraction of sp³-hybridized carbons (Fsp3) is 0.333. The van der Waals surface area contributed by atoms with Crippen molar-refractivity contribution in [2.24, 2.45) is 0 Å². The molecule has 0 N–H and O–H groups in total. The molecule has 1 atom stereocenters. The highest BCUT2D eigenvalue weighted by atomic mass is 19.4. The van der Waals surface area contributed by atoms with Crippen LogP contribution in [0.2, 0.25) is 0 Å². The summed E-state index contributed by atoms with van der Waals surface area (Å²) in [5, 5.41) is 3.90. The zero-order valence-electron chi connectivity index (χ0n) is 15.2. The summed E-state index contributed by atoms with van der Waals surface area (Å²) in [6.07, 6.45) is -2.51. The van der Waals surface area contributed by atoms with Gasteiger partial charge in [-0.2, -0.15) is 18.2 Å². The minimum Gasteiger partial charge on any atom is -0.339 e. The first-order chi connectivity index (χ1) is 13.5. The number of halogens is 3. The second-order valence-corrected chi connectivity index (χ2v) is 7.06. The van der Waals surface area contributed by atoms with Crippen molar-refractivity contribution in [3.63, 3.8) is 0 Å². The van der Waals surface area contributed by atoms with Gasteiger partial charge in [-0.15, -0.1) is 0 Å². The predicted molar refractivity (Wildman–Crippen MR) is 98.7 cm³/mol. The molecule has 1 aliphatic rings. The molecule has 1 aliphatic heterocycles. The van der Waals surface area contributed by atoms with Crippen molar-refractivity contribution in [3.05, 3.63) is 71.6 Å².